The Kier molecular flexibility index (Phi) is 4.25. The number of hydrogen-bond acceptors (Lipinski definition) is 4. The van der Waals surface area contributed by atoms with Crippen LogP contribution >= 0.6 is 0 Å². The molecule has 0 aliphatic rings. The first kappa shape index (κ1) is 18.8. The van der Waals surface area contributed by atoms with Crippen molar-refractivity contribution in [3.8, 4) is 11.4 Å². The molecule has 6 nitrogen and oxygen atoms in total. The first-order chi connectivity index (χ1) is 13.7. The van der Waals surface area contributed by atoms with E-state index in [0.717, 1.165) is 8.97 Å². The number of aromatic nitrogens is 4. The lowest BCUT2D eigenvalue weighted by Crippen LogP contribution is -2.24. The van der Waals surface area contributed by atoms with Gasteiger partial charge in [0.05, 0.1) is 22.5 Å². The van der Waals surface area contributed by atoms with Gasteiger partial charge in [-0.1, -0.05) is 0 Å². The number of nitrogens with zero attached hydrogens (tertiary/aromatic N) is 4. The number of ether oxygens (including phenoxy) is 1. The van der Waals surface area contributed by atoms with Crippen LogP contribution in [0.5, 0.6) is 5.75 Å². The fourth-order valence-corrected chi connectivity index (χ4v) is 3.16. The Morgan fingerprint density at radius 3 is 2.55 bits per heavy atom. The minimum atomic E-state index is -4.86. The van der Waals surface area contributed by atoms with Crippen molar-refractivity contribution in [2.45, 2.75) is 19.7 Å². The van der Waals surface area contributed by atoms with Crippen LogP contribution in [0.15, 0.2) is 47.7 Å². The highest BCUT2D eigenvalue weighted by Gasteiger charge is 2.33. The van der Waals surface area contributed by atoms with Crippen LogP contribution in [-0.4, -0.2) is 25.5 Å². The van der Waals surface area contributed by atoms with E-state index in [9.17, 15) is 26.7 Å². The Morgan fingerprint density at radius 2 is 1.90 bits per heavy atom. The molecule has 4 rings (SSSR count). The van der Waals surface area contributed by atoms with Gasteiger partial charge in [-0.3, -0.25) is 18.7 Å². The summed E-state index contributed by atoms with van der Waals surface area (Å²) in [6.45, 7) is -1.81. The van der Waals surface area contributed by atoms with Crippen molar-refractivity contribution in [3.63, 3.8) is 0 Å². The summed E-state index contributed by atoms with van der Waals surface area (Å²) in [5.74, 6) is -0.733. The second-order valence-electron chi connectivity index (χ2n) is 6.09. The van der Waals surface area contributed by atoms with E-state index in [-0.39, 0.29) is 22.4 Å². The summed E-state index contributed by atoms with van der Waals surface area (Å²) >= 11 is 0. The van der Waals surface area contributed by atoms with Crippen molar-refractivity contribution in [2.24, 2.45) is 0 Å². The number of alkyl halides is 5. The summed E-state index contributed by atoms with van der Waals surface area (Å²) in [5, 5.41) is 0. The smallest absolute Gasteiger partial charge is 0.416 e. The average Bonchev–Trinajstić information content (AvgIpc) is 3.11. The largest absolute Gasteiger partial charge is 0.432 e. The van der Waals surface area contributed by atoms with E-state index >= 15 is 0 Å². The zero-order chi connectivity index (χ0) is 20.9. The van der Waals surface area contributed by atoms with Gasteiger partial charge in [0.25, 0.3) is 5.56 Å². The van der Waals surface area contributed by atoms with Gasteiger partial charge in [0, 0.05) is 18.6 Å². The van der Waals surface area contributed by atoms with Gasteiger partial charge in [0.1, 0.15) is 5.52 Å². The van der Waals surface area contributed by atoms with Crippen molar-refractivity contribution in [3.05, 3.63) is 64.5 Å². The standard InChI is InChI=1S/C18H11F5N4O2/c1-9-11(3-2-4-24-9)27-12-7-10(18(21,22)23)8-13(29-17(19)20)14(12)26-6-5-25-15(26)16(27)28/h2-8,17H,1H3. The first-order valence-electron chi connectivity index (χ1n) is 8.18. The van der Waals surface area contributed by atoms with Crippen molar-refractivity contribution in [2.75, 3.05) is 0 Å². The number of fused-ring (bicyclic) bond motifs is 3. The zero-order valence-corrected chi connectivity index (χ0v) is 14.6. The number of imidazole rings is 1. The summed E-state index contributed by atoms with van der Waals surface area (Å²) in [4.78, 5) is 21.0. The number of hydrogen-bond donors (Lipinski definition) is 0. The van der Waals surface area contributed by atoms with Crippen molar-refractivity contribution in [1.29, 1.82) is 0 Å². The maximum atomic E-state index is 13.4. The third kappa shape index (κ3) is 3.08. The van der Waals surface area contributed by atoms with Crippen LogP contribution in [-0.2, 0) is 6.18 Å². The van der Waals surface area contributed by atoms with Gasteiger partial charge < -0.3 is 4.74 Å². The summed E-state index contributed by atoms with van der Waals surface area (Å²) in [6.07, 6.45) is -0.888. The lowest BCUT2D eigenvalue weighted by atomic mass is 10.1. The molecule has 0 atom stereocenters. The van der Waals surface area contributed by atoms with Gasteiger partial charge in [-0.25, -0.2) is 4.98 Å². The molecule has 3 heterocycles. The van der Waals surface area contributed by atoms with E-state index in [1.165, 1.54) is 30.7 Å². The highest BCUT2D eigenvalue weighted by Crippen LogP contribution is 2.37. The molecule has 0 saturated carbocycles. The van der Waals surface area contributed by atoms with Crippen LogP contribution in [0.3, 0.4) is 0 Å². The molecule has 0 fully saturated rings. The topological polar surface area (TPSA) is 61.4 Å². The molecular weight excluding hydrogens is 399 g/mol. The van der Waals surface area contributed by atoms with E-state index in [4.69, 9.17) is 0 Å². The molecule has 0 unspecified atom stereocenters. The minimum absolute atomic E-state index is 0.159. The number of benzene rings is 1. The second-order valence-corrected chi connectivity index (χ2v) is 6.09. The molecule has 0 bridgehead atoms. The molecule has 0 N–H and O–H groups in total. The SMILES string of the molecule is Cc1ncccc1-n1c(=O)c2nccn2c2c(OC(F)F)cc(C(F)(F)F)cc21. The number of halogens is 5. The van der Waals surface area contributed by atoms with Crippen molar-refractivity contribution >= 4 is 16.7 Å². The van der Waals surface area contributed by atoms with Crippen LogP contribution in [0, 0.1) is 6.92 Å². The summed E-state index contributed by atoms with van der Waals surface area (Å²) in [6, 6.07) is 4.16. The maximum Gasteiger partial charge on any atom is 0.416 e. The van der Waals surface area contributed by atoms with Gasteiger partial charge in [0.2, 0.25) is 5.65 Å². The van der Waals surface area contributed by atoms with Crippen LogP contribution < -0.4 is 10.3 Å². The second kappa shape index (κ2) is 6.54. The predicted octanol–water partition coefficient (Wildman–Crippen LogP) is 3.96. The third-order valence-corrected chi connectivity index (χ3v) is 4.34. The molecule has 0 aliphatic carbocycles. The van der Waals surface area contributed by atoms with E-state index in [1.807, 2.05) is 0 Å². The van der Waals surface area contributed by atoms with E-state index in [0.29, 0.717) is 17.8 Å². The Hall–Kier alpha value is -3.50. The maximum absolute atomic E-state index is 13.4. The quantitative estimate of drug-likeness (QED) is 0.480. The molecule has 11 heteroatoms. The van der Waals surface area contributed by atoms with Gasteiger partial charge in [-0.2, -0.15) is 22.0 Å². The summed E-state index contributed by atoms with van der Waals surface area (Å²) in [7, 11) is 0. The highest BCUT2D eigenvalue weighted by atomic mass is 19.4. The molecule has 29 heavy (non-hydrogen) atoms. The number of aryl methyl sites for hydroxylation is 1. The van der Waals surface area contributed by atoms with E-state index < -0.39 is 29.7 Å². The zero-order valence-electron chi connectivity index (χ0n) is 14.6. The van der Waals surface area contributed by atoms with Gasteiger partial charge in [-0.05, 0) is 31.2 Å². The molecule has 0 spiro atoms. The molecule has 3 aromatic heterocycles. The average molecular weight is 410 g/mol. The third-order valence-electron chi connectivity index (χ3n) is 4.34. The lowest BCUT2D eigenvalue weighted by Gasteiger charge is -2.18. The number of pyridine rings is 1. The molecular formula is C18H11F5N4O2. The molecule has 4 aromatic rings. The van der Waals surface area contributed by atoms with Crippen molar-refractivity contribution < 1.29 is 26.7 Å². The van der Waals surface area contributed by atoms with Gasteiger partial charge in [-0.15, -0.1) is 0 Å². The number of rotatable bonds is 3. The highest BCUT2D eigenvalue weighted by molar-refractivity contribution is 5.87. The molecule has 0 radical (unpaired) electrons. The first-order valence-corrected chi connectivity index (χ1v) is 8.18. The molecule has 0 aliphatic heterocycles. The Balaban J connectivity index is 2.26. The Bertz CT molecular complexity index is 1290. The van der Waals surface area contributed by atoms with E-state index in [1.54, 1.807) is 6.92 Å². The molecule has 0 saturated heterocycles. The summed E-state index contributed by atoms with van der Waals surface area (Å²) in [5.41, 5.74) is -2.04. The molecule has 150 valence electrons. The van der Waals surface area contributed by atoms with Gasteiger partial charge >= 0.3 is 12.8 Å². The normalized spacial score (nSPS) is 12.2. The van der Waals surface area contributed by atoms with E-state index in [2.05, 4.69) is 14.7 Å². The Morgan fingerprint density at radius 1 is 1.14 bits per heavy atom. The summed E-state index contributed by atoms with van der Waals surface area (Å²) < 4.78 is 72.7. The van der Waals surface area contributed by atoms with Crippen LogP contribution in [0.4, 0.5) is 22.0 Å². The molecule has 1 aromatic carbocycles. The lowest BCUT2D eigenvalue weighted by molar-refractivity contribution is -0.137. The van der Waals surface area contributed by atoms with Crippen LogP contribution in [0.2, 0.25) is 0 Å². The van der Waals surface area contributed by atoms with Crippen molar-refractivity contribution in [1.82, 2.24) is 18.9 Å². The minimum Gasteiger partial charge on any atom is -0.432 e. The van der Waals surface area contributed by atoms with Crippen LogP contribution in [0.1, 0.15) is 11.3 Å². The Labute approximate surface area is 158 Å². The monoisotopic (exact) mass is 410 g/mol. The van der Waals surface area contributed by atoms with Crippen LogP contribution in [0.25, 0.3) is 22.4 Å². The molecule has 0 amide bonds. The fourth-order valence-electron chi connectivity index (χ4n) is 3.16. The fraction of sp³-hybridized carbons (Fsp3) is 0.167. The van der Waals surface area contributed by atoms with Gasteiger partial charge in [0.15, 0.2) is 5.75 Å². The predicted molar refractivity (Wildman–Crippen MR) is 92.5 cm³/mol.